The van der Waals surface area contributed by atoms with Crippen molar-refractivity contribution in [2.24, 2.45) is 0 Å². The standard InChI is InChI=1S/C13H14Cl2O2/c1-2-3-4-7-17-9-13(16)10-5-6-11(14)12(15)8-10/h2,5-6,8H,1,3-4,7,9H2. The maximum absolute atomic E-state index is 11.7. The summed E-state index contributed by atoms with van der Waals surface area (Å²) < 4.78 is 5.25. The van der Waals surface area contributed by atoms with Gasteiger partial charge < -0.3 is 4.74 Å². The van der Waals surface area contributed by atoms with Crippen molar-refractivity contribution in [3.8, 4) is 0 Å². The van der Waals surface area contributed by atoms with Crippen molar-refractivity contribution < 1.29 is 9.53 Å². The molecule has 2 nitrogen and oxygen atoms in total. The third-order valence-corrected chi connectivity index (χ3v) is 2.91. The van der Waals surface area contributed by atoms with Crippen LogP contribution in [0.1, 0.15) is 23.2 Å². The quantitative estimate of drug-likeness (QED) is 0.423. The average molecular weight is 273 g/mol. The van der Waals surface area contributed by atoms with Crippen LogP contribution in [0.4, 0.5) is 0 Å². The zero-order valence-electron chi connectivity index (χ0n) is 9.42. The van der Waals surface area contributed by atoms with E-state index in [4.69, 9.17) is 27.9 Å². The van der Waals surface area contributed by atoms with Crippen LogP contribution in [0.5, 0.6) is 0 Å². The van der Waals surface area contributed by atoms with Crippen molar-refractivity contribution in [3.63, 3.8) is 0 Å². The number of hydrogen-bond donors (Lipinski definition) is 0. The van der Waals surface area contributed by atoms with Crippen molar-refractivity contribution in [2.45, 2.75) is 12.8 Å². The Balaban J connectivity index is 2.41. The SMILES string of the molecule is C=CCCCOCC(=O)c1ccc(Cl)c(Cl)c1. The largest absolute Gasteiger partial charge is 0.373 e. The molecule has 0 aliphatic rings. The van der Waals surface area contributed by atoms with E-state index < -0.39 is 0 Å². The maximum atomic E-state index is 11.7. The Morgan fingerprint density at radius 2 is 2.12 bits per heavy atom. The molecular weight excluding hydrogens is 259 g/mol. The number of hydrogen-bond acceptors (Lipinski definition) is 2. The van der Waals surface area contributed by atoms with Crippen molar-refractivity contribution in [3.05, 3.63) is 46.5 Å². The van der Waals surface area contributed by atoms with Gasteiger partial charge in [-0.1, -0.05) is 29.3 Å². The lowest BCUT2D eigenvalue weighted by molar-refractivity contribution is 0.0757. The van der Waals surface area contributed by atoms with Gasteiger partial charge in [0, 0.05) is 12.2 Å². The van der Waals surface area contributed by atoms with Crippen LogP contribution in [-0.2, 0) is 4.74 Å². The number of ketones is 1. The lowest BCUT2D eigenvalue weighted by Crippen LogP contribution is -2.09. The highest BCUT2D eigenvalue weighted by Gasteiger charge is 2.08. The smallest absolute Gasteiger partial charge is 0.188 e. The van der Waals surface area contributed by atoms with E-state index in [0.29, 0.717) is 22.2 Å². The third kappa shape index (κ3) is 4.90. The number of rotatable bonds is 7. The number of Topliss-reactive ketones (excluding diaryl/α,β-unsaturated/α-hetero) is 1. The van der Waals surface area contributed by atoms with Gasteiger partial charge in [0.25, 0.3) is 0 Å². The summed E-state index contributed by atoms with van der Waals surface area (Å²) in [6.07, 6.45) is 3.59. The van der Waals surface area contributed by atoms with Crippen LogP contribution in [0.3, 0.4) is 0 Å². The van der Waals surface area contributed by atoms with E-state index in [1.54, 1.807) is 18.2 Å². The first-order valence-corrected chi connectivity index (χ1v) is 6.07. The van der Waals surface area contributed by atoms with Crippen LogP contribution >= 0.6 is 23.2 Å². The first-order chi connectivity index (χ1) is 8.15. The summed E-state index contributed by atoms with van der Waals surface area (Å²) in [6.45, 7) is 4.23. The van der Waals surface area contributed by atoms with Gasteiger partial charge in [-0.3, -0.25) is 4.79 Å². The highest BCUT2D eigenvalue weighted by molar-refractivity contribution is 6.42. The topological polar surface area (TPSA) is 26.3 Å². The van der Waals surface area contributed by atoms with Crippen LogP contribution in [-0.4, -0.2) is 19.0 Å². The van der Waals surface area contributed by atoms with Gasteiger partial charge in [0.1, 0.15) is 6.61 Å². The van der Waals surface area contributed by atoms with Gasteiger partial charge in [-0.2, -0.15) is 0 Å². The first kappa shape index (κ1) is 14.2. The minimum absolute atomic E-state index is 0.0646. The van der Waals surface area contributed by atoms with Crippen LogP contribution in [0.25, 0.3) is 0 Å². The van der Waals surface area contributed by atoms with E-state index in [1.165, 1.54) is 0 Å². The Kier molecular flexibility index (Phi) is 6.27. The summed E-state index contributed by atoms with van der Waals surface area (Å²) in [5.74, 6) is -0.0952. The number of benzene rings is 1. The first-order valence-electron chi connectivity index (χ1n) is 5.32. The van der Waals surface area contributed by atoms with Crippen LogP contribution < -0.4 is 0 Å². The summed E-state index contributed by atoms with van der Waals surface area (Å²) in [5.41, 5.74) is 0.517. The Bertz CT molecular complexity index is 402. The van der Waals surface area contributed by atoms with Gasteiger partial charge in [0.2, 0.25) is 0 Å². The molecule has 0 N–H and O–H groups in total. The molecule has 0 atom stereocenters. The minimum Gasteiger partial charge on any atom is -0.373 e. The fourth-order valence-electron chi connectivity index (χ4n) is 1.25. The molecule has 0 spiro atoms. The Morgan fingerprint density at radius 1 is 1.35 bits per heavy atom. The zero-order valence-corrected chi connectivity index (χ0v) is 10.9. The molecular formula is C13H14Cl2O2. The van der Waals surface area contributed by atoms with E-state index in [2.05, 4.69) is 6.58 Å². The highest BCUT2D eigenvalue weighted by atomic mass is 35.5. The molecule has 0 amide bonds. The zero-order chi connectivity index (χ0) is 12.7. The number of carbonyl (C=O) groups is 1. The van der Waals surface area contributed by atoms with Crippen molar-refractivity contribution in [1.29, 1.82) is 0 Å². The minimum atomic E-state index is -0.0952. The maximum Gasteiger partial charge on any atom is 0.188 e. The predicted octanol–water partition coefficient (Wildman–Crippen LogP) is 4.16. The Hall–Kier alpha value is -0.830. The van der Waals surface area contributed by atoms with Crippen molar-refractivity contribution in [1.82, 2.24) is 0 Å². The van der Waals surface area contributed by atoms with E-state index >= 15 is 0 Å². The summed E-state index contributed by atoms with van der Waals surface area (Å²) in [5, 5.41) is 0.819. The molecule has 0 bridgehead atoms. The highest BCUT2D eigenvalue weighted by Crippen LogP contribution is 2.22. The number of carbonyl (C=O) groups excluding carboxylic acids is 1. The number of halogens is 2. The molecule has 0 aliphatic heterocycles. The second-order valence-corrected chi connectivity index (χ2v) is 4.35. The van der Waals surface area contributed by atoms with E-state index in [-0.39, 0.29) is 12.4 Å². The van der Waals surface area contributed by atoms with E-state index in [1.807, 2.05) is 6.08 Å². The van der Waals surface area contributed by atoms with Gasteiger partial charge in [-0.05, 0) is 31.0 Å². The molecule has 92 valence electrons. The molecule has 0 fully saturated rings. The predicted molar refractivity (Wildman–Crippen MR) is 71.0 cm³/mol. The van der Waals surface area contributed by atoms with E-state index in [9.17, 15) is 4.79 Å². The molecule has 0 aromatic heterocycles. The summed E-state index contributed by atoms with van der Waals surface area (Å²) >= 11 is 11.6. The van der Waals surface area contributed by atoms with Gasteiger partial charge >= 0.3 is 0 Å². The summed E-state index contributed by atoms with van der Waals surface area (Å²) in [7, 11) is 0. The van der Waals surface area contributed by atoms with Gasteiger partial charge in [0.05, 0.1) is 10.0 Å². The Morgan fingerprint density at radius 3 is 2.76 bits per heavy atom. The fourth-order valence-corrected chi connectivity index (χ4v) is 1.55. The van der Waals surface area contributed by atoms with Gasteiger partial charge in [-0.25, -0.2) is 0 Å². The molecule has 0 saturated heterocycles. The molecule has 1 rings (SSSR count). The normalized spacial score (nSPS) is 10.2. The van der Waals surface area contributed by atoms with Crippen LogP contribution in [0.15, 0.2) is 30.9 Å². The summed E-state index contributed by atoms with van der Waals surface area (Å²) in [6, 6.07) is 4.80. The molecule has 4 heteroatoms. The van der Waals surface area contributed by atoms with Crippen molar-refractivity contribution in [2.75, 3.05) is 13.2 Å². The van der Waals surface area contributed by atoms with Gasteiger partial charge in [-0.15, -0.1) is 6.58 Å². The lowest BCUT2D eigenvalue weighted by atomic mass is 10.1. The Labute approximate surface area is 111 Å². The third-order valence-electron chi connectivity index (χ3n) is 2.17. The molecule has 0 radical (unpaired) electrons. The van der Waals surface area contributed by atoms with Crippen molar-refractivity contribution >= 4 is 29.0 Å². The molecule has 0 saturated carbocycles. The molecule has 0 aliphatic carbocycles. The summed E-state index contributed by atoms with van der Waals surface area (Å²) in [4.78, 5) is 11.7. The van der Waals surface area contributed by atoms with E-state index in [0.717, 1.165) is 12.8 Å². The fraction of sp³-hybridized carbons (Fsp3) is 0.308. The number of unbranched alkanes of at least 4 members (excludes halogenated alkanes) is 1. The molecule has 0 unspecified atom stereocenters. The monoisotopic (exact) mass is 272 g/mol. The lowest BCUT2D eigenvalue weighted by Gasteiger charge is -2.04. The molecule has 17 heavy (non-hydrogen) atoms. The second-order valence-electron chi connectivity index (χ2n) is 3.54. The number of ether oxygens (including phenoxy) is 1. The average Bonchev–Trinajstić information content (AvgIpc) is 2.32. The van der Waals surface area contributed by atoms with Gasteiger partial charge in [0.15, 0.2) is 5.78 Å². The van der Waals surface area contributed by atoms with Crippen LogP contribution in [0, 0.1) is 0 Å². The molecule has 1 aromatic carbocycles. The number of allylic oxidation sites excluding steroid dienone is 1. The second kappa shape index (κ2) is 7.49. The molecule has 1 aromatic rings. The van der Waals surface area contributed by atoms with Crippen LogP contribution in [0.2, 0.25) is 10.0 Å². The molecule has 0 heterocycles.